The first-order valence-electron chi connectivity index (χ1n) is 8.90. The van der Waals surface area contributed by atoms with E-state index < -0.39 is 0 Å². The number of aromatic nitrogens is 3. The van der Waals surface area contributed by atoms with E-state index in [0.717, 1.165) is 5.65 Å². The molecule has 28 heavy (non-hydrogen) atoms. The van der Waals surface area contributed by atoms with Gasteiger partial charge in [0.2, 0.25) is 5.75 Å². The zero-order valence-corrected chi connectivity index (χ0v) is 16.6. The SMILES string of the molecule is COc1cc(C(=O)N[C@@H](c2nnc3ccccn23)C(C)C)cc(OC)c1OC. The van der Waals surface area contributed by atoms with Crippen molar-refractivity contribution in [3.8, 4) is 17.2 Å². The number of nitrogens with one attached hydrogen (secondary N) is 1. The number of methoxy groups -OCH3 is 3. The molecule has 2 heterocycles. The molecular formula is C20H24N4O4. The summed E-state index contributed by atoms with van der Waals surface area (Å²) in [6.07, 6.45) is 1.88. The minimum Gasteiger partial charge on any atom is -0.493 e. The number of ether oxygens (including phenoxy) is 3. The fraction of sp³-hybridized carbons (Fsp3) is 0.350. The van der Waals surface area contributed by atoms with Gasteiger partial charge < -0.3 is 19.5 Å². The topological polar surface area (TPSA) is 87.0 Å². The van der Waals surface area contributed by atoms with E-state index in [1.165, 1.54) is 21.3 Å². The van der Waals surface area contributed by atoms with E-state index in [-0.39, 0.29) is 17.9 Å². The highest BCUT2D eigenvalue weighted by molar-refractivity contribution is 5.95. The van der Waals surface area contributed by atoms with Crippen molar-refractivity contribution in [3.63, 3.8) is 0 Å². The van der Waals surface area contributed by atoms with Gasteiger partial charge in [0.1, 0.15) is 0 Å². The van der Waals surface area contributed by atoms with E-state index in [1.54, 1.807) is 12.1 Å². The van der Waals surface area contributed by atoms with Crippen LogP contribution in [0.5, 0.6) is 17.2 Å². The fourth-order valence-corrected chi connectivity index (χ4v) is 3.04. The lowest BCUT2D eigenvalue weighted by molar-refractivity contribution is 0.0922. The molecule has 0 fully saturated rings. The summed E-state index contributed by atoms with van der Waals surface area (Å²) in [5.74, 6) is 1.77. The van der Waals surface area contributed by atoms with Gasteiger partial charge in [0, 0.05) is 11.8 Å². The predicted octanol–water partition coefficient (Wildman–Crippen LogP) is 2.88. The van der Waals surface area contributed by atoms with Crippen molar-refractivity contribution in [2.45, 2.75) is 19.9 Å². The van der Waals surface area contributed by atoms with Crippen LogP contribution in [-0.2, 0) is 0 Å². The third-order valence-corrected chi connectivity index (χ3v) is 4.50. The first-order valence-corrected chi connectivity index (χ1v) is 8.90. The number of fused-ring (bicyclic) bond motifs is 1. The Balaban J connectivity index is 1.95. The smallest absolute Gasteiger partial charge is 0.252 e. The third-order valence-electron chi connectivity index (χ3n) is 4.50. The molecule has 1 aromatic carbocycles. The number of carbonyl (C=O) groups is 1. The normalized spacial score (nSPS) is 12.1. The maximum atomic E-state index is 13.0. The molecule has 2 aromatic heterocycles. The summed E-state index contributed by atoms with van der Waals surface area (Å²) in [6.45, 7) is 4.04. The maximum absolute atomic E-state index is 13.0. The molecule has 0 saturated heterocycles. The quantitative estimate of drug-likeness (QED) is 0.674. The highest BCUT2D eigenvalue weighted by atomic mass is 16.5. The number of pyridine rings is 1. The van der Waals surface area contributed by atoms with Gasteiger partial charge in [0.05, 0.1) is 27.4 Å². The summed E-state index contributed by atoms with van der Waals surface area (Å²) in [5.41, 5.74) is 1.12. The number of carbonyl (C=O) groups excluding carboxylic acids is 1. The number of hydrogen-bond donors (Lipinski definition) is 1. The number of nitrogens with zero attached hydrogens (tertiary/aromatic N) is 3. The molecule has 0 aliphatic heterocycles. The Labute approximate surface area is 163 Å². The first kappa shape index (κ1) is 19.5. The summed E-state index contributed by atoms with van der Waals surface area (Å²) in [7, 11) is 4.54. The van der Waals surface area contributed by atoms with E-state index in [0.29, 0.717) is 28.6 Å². The Morgan fingerprint density at radius 2 is 1.71 bits per heavy atom. The summed E-state index contributed by atoms with van der Waals surface area (Å²) < 4.78 is 17.9. The first-order chi connectivity index (χ1) is 13.5. The summed E-state index contributed by atoms with van der Waals surface area (Å²) in [6, 6.07) is 8.58. The molecule has 0 spiro atoms. The molecular weight excluding hydrogens is 360 g/mol. The van der Waals surface area contributed by atoms with E-state index in [9.17, 15) is 4.79 Å². The second-order valence-electron chi connectivity index (χ2n) is 6.60. The summed E-state index contributed by atoms with van der Waals surface area (Å²) in [4.78, 5) is 13.0. The van der Waals surface area contributed by atoms with Crippen LogP contribution < -0.4 is 19.5 Å². The standard InChI is InChI=1S/C20H24N4O4/c1-12(2)17(19-23-22-16-8-6-7-9-24(16)19)21-20(25)13-10-14(26-3)18(28-5)15(11-13)27-4/h6-12,17H,1-5H3,(H,21,25)/t17-/m1/s1. The van der Waals surface area contributed by atoms with Crippen molar-refractivity contribution < 1.29 is 19.0 Å². The molecule has 8 heteroatoms. The monoisotopic (exact) mass is 384 g/mol. The van der Waals surface area contributed by atoms with Crippen molar-refractivity contribution >= 4 is 11.6 Å². The van der Waals surface area contributed by atoms with Crippen LogP contribution >= 0.6 is 0 Å². The van der Waals surface area contributed by atoms with Crippen LogP contribution in [-0.4, -0.2) is 41.8 Å². The zero-order chi connectivity index (χ0) is 20.3. The van der Waals surface area contributed by atoms with Crippen molar-refractivity contribution in [1.82, 2.24) is 19.9 Å². The van der Waals surface area contributed by atoms with Gasteiger partial charge in [-0.2, -0.15) is 0 Å². The Kier molecular flexibility index (Phi) is 5.67. The lowest BCUT2D eigenvalue weighted by atomic mass is 10.0. The fourth-order valence-electron chi connectivity index (χ4n) is 3.04. The molecule has 3 aromatic rings. The molecule has 0 aliphatic rings. The highest BCUT2D eigenvalue weighted by Crippen LogP contribution is 2.38. The van der Waals surface area contributed by atoms with E-state index >= 15 is 0 Å². The summed E-state index contributed by atoms with van der Waals surface area (Å²) in [5, 5.41) is 11.5. The molecule has 0 saturated carbocycles. The van der Waals surface area contributed by atoms with Crippen LogP contribution in [0.4, 0.5) is 0 Å². The van der Waals surface area contributed by atoms with E-state index in [2.05, 4.69) is 15.5 Å². The second-order valence-corrected chi connectivity index (χ2v) is 6.60. The van der Waals surface area contributed by atoms with Crippen LogP contribution in [0.2, 0.25) is 0 Å². The third kappa shape index (κ3) is 3.58. The molecule has 0 radical (unpaired) electrons. The molecule has 1 N–H and O–H groups in total. The molecule has 8 nitrogen and oxygen atoms in total. The van der Waals surface area contributed by atoms with Crippen LogP contribution in [0.1, 0.15) is 36.1 Å². The van der Waals surface area contributed by atoms with Gasteiger partial charge in [-0.05, 0) is 30.2 Å². The summed E-state index contributed by atoms with van der Waals surface area (Å²) >= 11 is 0. The number of hydrogen-bond acceptors (Lipinski definition) is 6. The van der Waals surface area contributed by atoms with Gasteiger partial charge >= 0.3 is 0 Å². The number of amides is 1. The average molecular weight is 384 g/mol. The molecule has 1 atom stereocenters. The Bertz CT molecular complexity index is 958. The highest BCUT2D eigenvalue weighted by Gasteiger charge is 2.25. The zero-order valence-electron chi connectivity index (χ0n) is 16.6. The minimum atomic E-state index is -0.330. The molecule has 0 aliphatic carbocycles. The lowest BCUT2D eigenvalue weighted by Gasteiger charge is -2.21. The van der Waals surface area contributed by atoms with Crippen molar-refractivity contribution in [3.05, 3.63) is 47.9 Å². The van der Waals surface area contributed by atoms with Crippen molar-refractivity contribution in [1.29, 1.82) is 0 Å². The maximum Gasteiger partial charge on any atom is 0.252 e. The Morgan fingerprint density at radius 1 is 1.04 bits per heavy atom. The van der Waals surface area contributed by atoms with Gasteiger partial charge in [0.25, 0.3) is 5.91 Å². The van der Waals surface area contributed by atoms with Gasteiger partial charge in [-0.25, -0.2) is 0 Å². The molecule has 0 unspecified atom stereocenters. The Morgan fingerprint density at radius 3 is 2.29 bits per heavy atom. The molecule has 0 bridgehead atoms. The molecule has 1 amide bonds. The van der Waals surface area contributed by atoms with Gasteiger partial charge in [0.15, 0.2) is 23.0 Å². The predicted molar refractivity (Wildman–Crippen MR) is 104 cm³/mol. The largest absolute Gasteiger partial charge is 0.493 e. The number of rotatable bonds is 7. The van der Waals surface area contributed by atoms with Crippen LogP contribution in [0.3, 0.4) is 0 Å². The second kappa shape index (κ2) is 8.16. The van der Waals surface area contributed by atoms with Gasteiger partial charge in [-0.1, -0.05) is 19.9 Å². The van der Waals surface area contributed by atoms with Crippen LogP contribution in [0.15, 0.2) is 36.5 Å². The van der Waals surface area contributed by atoms with Gasteiger partial charge in [-0.15, -0.1) is 10.2 Å². The van der Waals surface area contributed by atoms with Crippen molar-refractivity contribution in [2.75, 3.05) is 21.3 Å². The Hall–Kier alpha value is -3.29. The minimum absolute atomic E-state index is 0.0959. The number of benzene rings is 1. The van der Waals surface area contributed by atoms with Crippen molar-refractivity contribution in [2.24, 2.45) is 5.92 Å². The van der Waals surface area contributed by atoms with Crippen LogP contribution in [0, 0.1) is 5.92 Å². The molecule has 148 valence electrons. The van der Waals surface area contributed by atoms with Crippen LogP contribution in [0.25, 0.3) is 5.65 Å². The average Bonchev–Trinajstić information content (AvgIpc) is 3.14. The van der Waals surface area contributed by atoms with E-state index in [1.807, 2.05) is 42.6 Å². The van der Waals surface area contributed by atoms with Gasteiger partial charge in [-0.3, -0.25) is 9.20 Å². The van der Waals surface area contributed by atoms with E-state index in [4.69, 9.17) is 14.2 Å². The molecule has 3 rings (SSSR count). The lowest BCUT2D eigenvalue weighted by Crippen LogP contribution is -2.33.